The number of ether oxygens (including phenoxy) is 1. The van der Waals surface area contributed by atoms with E-state index in [2.05, 4.69) is 16.8 Å². The number of amides is 1. The highest BCUT2D eigenvalue weighted by Gasteiger charge is 2.42. The fourth-order valence-corrected chi connectivity index (χ4v) is 4.09. The van der Waals surface area contributed by atoms with Crippen molar-refractivity contribution in [2.75, 3.05) is 52.9 Å². The zero-order valence-electron chi connectivity index (χ0n) is 13.5. The van der Waals surface area contributed by atoms with Crippen LogP contribution in [0.15, 0.2) is 0 Å². The summed E-state index contributed by atoms with van der Waals surface area (Å²) in [6, 6.07) is 0.773. The van der Waals surface area contributed by atoms with Crippen LogP contribution < -0.4 is 0 Å². The molecule has 0 aromatic heterocycles. The van der Waals surface area contributed by atoms with Crippen LogP contribution in [0.4, 0.5) is 0 Å². The third-order valence-electron chi connectivity index (χ3n) is 5.36. The van der Waals surface area contributed by atoms with E-state index < -0.39 is 5.60 Å². The Morgan fingerprint density at radius 1 is 1.10 bits per heavy atom. The molecule has 1 amide bonds. The lowest BCUT2D eigenvalue weighted by Gasteiger charge is -2.44. The standard InChI is InChI=1S/C16H29N3O2/c1-16(13-17(2)11-12-21-16)15(20)19-9-7-18(8-10-19)14-5-3-4-6-14/h14H,3-13H2,1-2H3/t16-/m0/s1. The van der Waals surface area contributed by atoms with Gasteiger partial charge in [0.05, 0.1) is 6.61 Å². The van der Waals surface area contributed by atoms with Crippen LogP contribution in [0, 0.1) is 0 Å². The van der Waals surface area contributed by atoms with Crippen molar-refractivity contribution in [2.24, 2.45) is 0 Å². The number of nitrogens with zero attached hydrogens (tertiary/aromatic N) is 3. The zero-order valence-corrected chi connectivity index (χ0v) is 13.5. The topological polar surface area (TPSA) is 36.0 Å². The number of carbonyl (C=O) groups excluding carboxylic acids is 1. The number of rotatable bonds is 2. The molecule has 0 spiro atoms. The summed E-state index contributed by atoms with van der Waals surface area (Å²) >= 11 is 0. The SMILES string of the molecule is CN1CCO[C@](C)(C(=O)N2CCN(C3CCCC3)CC2)C1. The van der Waals surface area contributed by atoms with Gasteiger partial charge in [0.2, 0.25) is 0 Å². The summed E-state index contributed by atoms with van der Waals surface area (Å²) in [7, 11) is 2.06. The zero-order chi connectivity index (χ0) is 14.9. The second kappa shape index (κ2) is 6.23. The Bertz CT molecular complexity index is 376. The number of likely N-dealkylation sites (N-methyl/N-ethyl adjacent to an activating group) is 1. The predicted octanol–water partition coefficient (Wildman–Crippen LogP) is 0.794. The second-order valence-corrected chi connectivity index (χ2v) is 7.08. The molecule has 0 N–H and O–H groups in total. The van der Waals surface area contributed by atoms with Crippen molar-refractivity contribution in [1.29, 1.82) is 0 Å². The molecule has 0 aromatic carbocycles. The van der Waals surface area contributed by atoms with Crippen molar-refractivity contribution in [3.63, 3.8) is 0 Å². The molecular weight excluding hydrogens is 266 g/mol. The minimum absolute atomic E-state index is 0.181. The van der Waals surface area contributed by atoms with Crippen LogP contribution in [0.1, 0.15) is 32.6 Å². The molecule has 0 unspecified atom stereocenters. The monoisotopic (exact) mass is 295 g/mol. The van der Waals surface area contributed by atoms with Crippen LogP contribution in [-0.4, -0.2) is 85.2 Å². The number of piperazine rings is 1. The second-order valence-electron chi connectivity index (χ2n) is 7.08. The van der Waals surface area contributed by atoms with Gasteiger partial charge in [0.1, 0.15) is 0 Å². The van der Waals surface area contributed by atoms with E-state index in [1.807, 2.05) is 11.8 Å². The third-order valence-corrected chi connectivity index (χ3v) is 5.36. The highest BCUT2D eigenvalue weighted by atomic mass is 16.5. The van der Waals surface area contributed by atoms with Crippen LogP contribution >= 0.6 is 0 Å². The Labute approximate surface area is 128 Å². The van der Waals surface area contributed by atoms with Crippen LogP contribution in [0.2, 0.25) is 0 Å². The molecule has 5 heteroatoms. The maximum atomic E-state index is 12.8. The summed E-state index contributed by atoms with van der Waals surface area (Å²) in [5.74, 6) is 0.181. The van der Waals surface area contributed by atoms with Crippen LogP contribution in [0.3, 0.4) is 0 Å². The summed E-state index contributed by atoms with van der Waals surface area (Å²) in [6.45, 7) is 8.00. The molecule has 1 saturated carbocycles. The molecule has 3 fully saturated rings. The van der Waals surface area contributed by atoms with E-state index in [1.54, 1.807) is 0 Å². The molecule has 2 aliphatic heterocycles. The summed E-state index contributed by atoms with van der Waals surface area (Å²) in [6.07, 6.45) is 5.45. The van der Waals surface area contributed by atoms with Crippen molar-refractivity contribution in [3.8, 4) is 0 Å². The van der Waals surface area contributed by atoms with Crippen molar-refractivity contribution in [3.05, 3.63) is 0 Å². The molecule has 1 atom stereocenters. The quantitative estimate of drug-likeness (QED) is 0.755. The van der Waals surface area contributed by atoms with Gasteiger partial charge in [-0.3, -0.25) is 9.69 Å². The van der Waals surface area contributed by atoms with E-state index in [0.29, 0.717) is 13.2 Å². The van der Waals surface area contributed by atoms with E-state index in [9.17, 15) is 4.79 Å². The molecule has 3 rings (SSSR count). The minimum atomic E-state index is -0.650. The molecule has 0 bridgehead atoms. The summed E-state index contributed by atoms with van der Waals surface area (Å²) in [5.41, 5.74) is -0.650. The van der Waals surface area contributed by atoms with Crippen molar-refractivity contribution >= 4 is 5.91 Å². The molecule has 3 aliphatic rings. The summed E-state index contributed by atoms with van der Waals surface area (Å²) in [4.78, 5) is 19.6. The molecule has 2 saturated heterocycles. The fraction of sp³-hybridized carbons (Fsp3) is 0.938. The smallest absolute Gasteiger partial charge is 0.255 e. The van der Waals surface area contributed by atoms with Crippen LogP contribution in [0.5, 0.6) is 0 Å². The predicted molar refractivity (Wildman–Crippen MR) is 82.3 cm³/mol. The number of hydrogen-bond acceptors (Lipinski definition) is 4. The van der Waals surface area contributed by atoms with E-state index >= 15 is 0 Å². The molecule has 0 radical (unpaired) electrons. The van der Waals surface area contributed by atoms with Gasteiger partial charge in [-0.05, 0) is 26.8 Å². The van der Waals surface area contributed by atoms with Crippen LogP contribution in [0.25, 0.3) is 0 Å². The van der Waals surface area contributed by atoms with Crippen molar-refractivity contribution in [1.82, 2.24) is 14.7 Å². The first-order chi connectivity index (χ1) is 10.1. The average molecular weight is 295 g/mol. The van der Waals surface area contributed by atoms with Gasteiger partial charge in [-0.2, -0.15) is 0 Å². The summed E-state index contributed by atoms with van der Waals surface area (Å²) < 4.78 is 5.83. The van der Waals surface area contributed by atoms with Crippen LogP contribution in [-0.2, 0) is 9.53 Å². The Kier molecular flexibility index (Phi) is 4.52. The maximum absolute atomic E-state index is 12.8. The number of carbonyl (C=O) groups is 1. The number of hydrogen-bond donors (Lipinski definition) is 0. The van der Waals surface area contributed by atoms with E-state index in [1.165, 1.54) is 25.7 Å². The molecule has 21 heavy (non-hydrogen) atoms. The van der Waals surface area contributed by atoms with Crippen molar-refractivity contribution < 1.29 is 9.53 Å². The van der Waals surface area contributed by atoms with Gasteiger partial charge < -0.3 is 14.5 Å². The maximum Gasteiger partial charge on any atom is 0.255 e. The van der Waals surface area contributed by atoms with Gasteiger partial charge in [-0.1, -0.05) is 12.8 Å². The van der Waals surface area contributed by atoms with Gasteiger partial charge in [-0.15, -0.1) is 0 Å². The lowest BCUT2D eigenvalue weighted by atomic mass is 10.0. The lowest BCUT2D eigenvalue weighted by molar-refractivity contribution is -0.168. The Morgan fingerprint density at radius 3 is 2.38 bits per heavy atom. The first-order valence-corrected chi connectivity index (χ1v) is 8.44. The molecule has 1 aliphatic carbocycles. The van der Waals surface area contributed by atoms with Crippen molar-refractivity contribution in [2.45, 2.75) is 44.2 Å². The highest BCUT2D eigenvalue weighted by Crippen LogP contribution is 2.25. The highest BCUT2D eigenvalue weighted by molar-refractivity contribution is 5.85. The molecule has 120 valence electrons. The molecular formula is C16H29N3O2. The van der Waals surface area contributed by atoms with Gasteiger partial charge in [0.25, 0.3) is 5.91 Å². The number of morpholine rings is 1. The first-order valence-electron chi connectivity index (χ1n) is 8.44. The molecule has 2 heterocycles. The van der Waals surface area contributed by atoms with Gasteiger partial charge in [0.15, 0.2) is 5.60 Å². The van der Waals surface area contributed by atoms with E-state index in [-0.39, 0.29) is 5.91 Å². The average Bonchev–Trinajstić information content (AvgIpc) is 3.00. The fourth-order valence-electron chi connectivity index (χ4n) is 4.09. The largest absolute Gasteiger partial charge is 0.363 e. The van der Waals surface area contributed by atoms with Gasteiger partial charge in [-0.25, -0.2) is 0 Å². The minimum Gasteiger partial charge on any atom is -0.363 e. The Hall–Kier alpha value is -0.650. The van der Waals surface area contributed by atoms with E-state index in [0.717, 1.165) is 38.8 Å². The third kappa shape index (κ3) is 3.25. The Balaban J connectivity index is 1.54. The first kappa shape index (κ1) is 15.3. The normalized spacial score (nSPS) is 33.5. The Morgan fingerprint density at radius 2 is 1.76 bits per heavy atom. The summed E-state index contributed by atoms with van der Waals surface area (Å²) in [5, 5.41) is 0. The molecule has 5 nitrogen and oxygen atoms in total. The van der Waals surface area contributed by atoms with E-state index in [4.69, 9.17) is 4.74 Å². The lowest BCUT2D eigenvalue weighted by Crippen LogP contribution is -2.61. The van der Waals surface area contributed by atoms with Gasteiger partial charge in [0, 0.05) is 45.3 Å². The van der Waals surface area contributed by atoms with Gasteiger partial charge >= 0.3 is 0 Å². The molecule has 0 aromatic rings.